The highest BCUT2D eigenvalue weighted by Gasteiger charge is 2.30. The Kier molecular flexibility index (Phi) is 57.6. The summed E-state index contributed by atoms with van der Waals surface area (Å²) in [6, 6.07) is 0. The van der Waals surface area contributed by atoms with E-state index in [4.69, 9.17) is 37.0 Å². The van der Waals surface area contributed by atoms with Crippen LogP contribution in [0.2, 0.25) is 0 Å². The summed E-state index contributed by atoms with van der Waals surface area (Å²) in [5.41, 5.74) is 0. The van der Waals surface area contributed by atoms with Gasteiger partial charge in [0.15, 0.2) is 12.2 Å². The molecule has 3 N–H and O–H groups in total. The molecular weight excluding hydrogens is 1160 g/mol. The minimum absolute atomic E-state index is 0.104. The monoisotopic (exact) mass is 1300 g/mol. The topological polar surface area (TPSA) is 237 Å². The van der Waals surface area contributed by atoms with Crippen molar-refractivity contribution in [2.45, 2.75) is 356 Å². The van der Waals surface area contributed by atoms with Crippen molar-refractivity contribution in [3.8, 4) is 0 Å². The molecule has 0 aromatic heterocycles. The Morgan fingerprint density at radius 3 is 0.807 bits per heavy atom. The fraction of sp³-hybridized carbons (Fsp3) is 0.942. The molecule has 17 nitrogen and oxygen atoms in total. The molecule has 0 saturated carbocycles. The van der Waals surface area contributed by atoms with Gasteiger partial charge in [0.05, 0.1) is 26.4 Å². The zero-order valence-corrected chi connectivity index (χ0v) is 59.1. The standard InChI is InChI=1S/C69H134O17P2/c1-9-61(7)47-39-31-23-16-18-25-33-41-49-66(71)79-55-64(86-69(74)52-44-36-27-19-17-24-32-40-48-62(8)10-2)57-83-87(75,76)81-53-63(70)54-82-88(77,78)84-58-65(56-80-67(72)50-42-34-28-20-22-30-38-46-60(5)6)85-68(73)51-43-35-26-15-13-11-12-14-21-29-37-45-59(3)4/h59-65,70H,9-58H2,1-8H3,(H,75,76)(H,77,78)/t61?,62?,63?,64-,65-/m1/s1. The summed E-state index contributed by atoms with van der Waals surface area (Å²) < 4.78 is 68.2. The largest absolute Gasteiger partial charge is 0.472 e. The molecule has 522 valence electrons. The molecule has 0 saturated heterocycles. The quantitative estimate of drug-likeness (QED) is 0.0222. The van der Waals surface area contributed by atoms with Crippen LogP contribution in [0.1, 0.15) is 338 Å². The van der Waals surface area contributed by atoms with E-state index >= 15 is 0 Å². The van der Waals surface area contributed by atoms with Gasteiger partial charge in [0.1, 0.15) is 19.3 Å². The predicted octanol–water partition coefficient (Wildman–Crippen LogP) is 19.3. The third kappa shape index (κ3) is 60.3. The lowest BCUT2D eigenvalue weighted by Gasteiger charge is -2.21. The number of unbranched alkanes of at least 4 members (excludes halogenated alkanes) is 30. The number of carbonyl (C=O) groups is 4. The molecule has 88 heavy (non-hydrogen) atoms. The van der Waals surface area contributed by atoms with E-state index in [1.807, 2.05) is 0 Å². The molecule has 19 heteroatoms. The molecule has 0 aliphatic carbocycles. The summed E-state index contributed by atoms with van der Waals surface area (Å²) in [7, 11) is -9.90. The molecule has 0 aromatic rings. The van der Waals surface area contributed by atoms with Crippen molar-refractivity contribution in [2.75, 3.05) is 39.6 Å². The number of aliphatic hydroxyl groups is 1. The van der Waals surface area contributed by atoms with Crippen LogP contribution in [-0.2, 0) is 65.4 Å². The Morgan fingerprint density at radius 1 is 0.318 bits per heavy atom. The molecular formula is C69H134O17P2. The summed E-state index contributed by atoms with van der Waals surface area (Å²) >= 11 is 0. The number of ether oxygens (including phenoxy) is 4. The van der Waals surface area contributed by atoms with Gasteiger partial charge in [-0.2, -0.15) is 0 Å². The zero-order chi connectivity index (χ0) is 65.4. The van der Waals surface area contributed by atoms with Gasteiger partial charge in [-0.3, -0.25) is 37.3 Å². The van der Waals surface area contributed by atoms with Gasteiger partial charge in [-0.25, -0.2) is 9.13 Å². The average molecular weight is 1300 g/mol. The minimum Gasteiger partial charge on any atom is -0.462 e. The predicted molar refractivity (Wildman–Crippen MR) is 354 cm³/mol. The number of phosphoric acid groups is 2. The van der Waals surface area contributed by atoms with Crippen LogP contribution in [-0.4, -0.2) is 96.7 Å². The molecule has 0 aliphatic rings. The summed E-state index contributed by atoms with van der Waals surface area (Å²) in [5, 5.41) is 10.6. The van der Waals surface area contributed by atoms with E-state index in [0.717, 1.165) is 114 Å². The first-order valence-corrected chi connectivity index (χ1v) is 38.8. The first-order valence-electron chi connectivity index (χ1n) is 35.8. The molecule has 0 aromatic carbocycles. The Bertz CT molecular complexity index is 1750. The number of phosphoric ester groups is 2. The number of esters is 4. The van der Waals surface area contributed by atoms with Gasteiger partial charge >= 0.3 is 39.5 Å². The van der Waals surface area contributed by atoms with E-state index in [1.165, 1.54) is 135 Å². The van der Waals surface area contributed by atoms with E-state index in [1.54, 1.807) is 0 Å². The highest BCUT2D eigenvalue weighted by molar-refractivity contribution is 7.47. The SMILES string of the molecule is CCC(C)CCCCCCCCCCC(=O)OC[C@H](COP(=O)(O)OCC(O)COP(=O)(O)OC[C@@H](COC(=O)CCCCCCCCCC(C)C)OC(=O)CCCCCCCCCCCCCC(C)C)OC(=O)CCCCCCCCCCC(C)CC. The van der Waals surface area contributed by atoms with Crippen molar-refractivity contribution in [1.82, 2.24) is 0 Å². The van der Waals surface area contributed by atoms with Crippen LogP contribution in [0.25, 0.3) is 0 Å². The first kappa shape index (κ1) is 86.1. The molecule has 0 fully saturated rings. The molecule has 5 unspecified atom stereocenters. The third-order valence-electron chi connectivity index (χ3n) is 16.5. The molecule has 7 atom stereocenters. The van der Waals surface area contributed by atoms with Crippen LogP contribution >= 0.6 is 15.6 Å². The zero-order valence-electron chi connectivity index (χ0n) is 57.3. The van der Waals surface area contributed by atoms with Crippen molar-refractivity contribution in [1.29, 1.82) is 0 Å². The number of aliphatic hydroxyl groups excluding tert-OH is 1. The van der Waals surface area contributed by atoms with E-state index < -0.39 is 97.5 Å². The van der Waals surface area contributed by atoms with Crippen LogP contribution in [0.3, 0.4) is 0 Å². The van der Waals surface area contributed by atoms with Gasteiger partial charge in [-0.05, 0) is 49.4 Å². The van der Waals surface area contributed by atoms with Gasteiger partial charge < -0.3 is 33.8 Å². The lowest BCUT2D eigenvalue weighted by molar-refractivity contribution is -0.161. The normalized spacial score (nSPS) is 14.9. The Balaban J connectivity index is 5.27. The van der Waals surface area contributed by atoms with Crippen LogP contribution in [0.5, 0.6) is 0 Å². The first-order chi connectivity index (χ1) is 42.2. The minimum atomic E-state index is -4.95. The maximum atomic E-state index is 13.0. The van der Waals surface area contributed by atoms with Gasteiger partial charge in [0, 0.05) is 25.7 Å². The summed E-state index contributed by atoms with van der Waals surface area (Å²) in [6.45, 7) is 14.1. The molecule has 0 radical (unpaired) electrons. The van der Waals surface area contributed by atoms with Gasteiger partial charge in [-0.15, -0.1) is 0 Å². The number of rotatable bonds is 66. The second kappa shape index (κ2) is 58.8. The van der Waals surface area contributed by atoms with Crippen molar-refractivity contribution in [2.24, 2.45) is 23.7 Å². The highest BCUT2D eigenvalue weighted by atomic mass is 31.2. The molecule has 0 aliphatic heterocycles. The molecule has 0 heterocycles. The van der Waals surface area contributed by atoms with Gasteiger partial charge in [0.25, 0.3) is 0 Å². The molecule has 0 amide bonds. The summed E-state index contributed by atoms with van der Waals surface area (Å²) in [5.74, 6) is 0.885. The Labute approximate surface area is 537 Å². The fourth-order valence-electron chi connectivity index (χ4n) is 10.2. The van der Waals surface area contributed by atoms with E-state index in [-0.39, 0.29) is 25.7 Å². The van der Waals surface area contributed by atoms with Crippen LogP contribution < -0.4 is 0 Å². The van der Waals surface area contributed by atoms with E-state index in [9.17, 15) is 43.2 Å². The highest BCUT2D eigenvalue weighted by Crippen LogP contribution is 2.45. The van der Waals surface area contributed by atoms with E-state index in [2.05, 4.69) is 55.4 Å². The molecule has 0 spiro atoms. The fourth-order valence-corrected chi connectivity index (χ4v) is 11.8. The van der Waals surface area contributed by atoms with Crippen LogP contribution in [0, 0.1) is 23.7 Å². The number of carbonyl (C=O) groups excluding carboxylic acids is 4. The van der Waals surface area contributed by atoms with E-state index in [0.29, 0.717) is 31.6 Å². The Hall–Kier alpha value is -1.94. The maximum absolute atomic E-state index is 13.0. The molecule has 0 bridgehead atoms. The maximum Gasteiger partial charge on any atom is 0.472 e. The molecule has 0 rings (SSSR count). The summed E-state index contributed by atoms with van der Waals surface area (Å²) in [6.07, 6.45) is 40.2. The van der Waals surface area contributed by atoms with Crippen molar-refractivity contribution in [3.63, 3.8) is 0 Å². The van der Waals surface area contributed by atoms with Crippen molar-refractivity contribution in [3.05, 3.63) is 0 Å². The third-order valence-corrected chi connectivity index (χ3v) is 18.4. The lowest BCUT2D eigenvalue weighted by atomic mass is 9.99. The van der Waals surface area contributed by atoms with Gasteiger partial charge in [-0.1, -0.05) is 287 Å². The number of hydrogen-bond donors (Lipinski definition) is 3. The van der Waals surface area contributed by atoms with Crippen molar-refractivity contribution < 1.29 is 80.2 Å². The second-order valence-corrected chi connectivity index (χ2v) is 29.3. The van der Waals surface area contributed by atoms with Crippen LogP contribution in [0.4, 0.5) is 0 Å². The number of hydrogen-bond acceptors (Lipinski definition) is 15. The summed E-state index contributed by atoms with van der Waals surface area (Å²) in [4.78, 5) is 72.5. The smallest absolute Gasteiger partial charge is 0.462 e. The van der Waals surface area contributed by atoms with Crippen molar-refractivity contribution >= 4 is 39.5 Å². The van der Waals surface area contributed by atoms with Gasteiger partial charge in [0.2, 0.25) is 0 Å². The Morgan fingerprint density at radius 2 is 0.545 bits per heavy atom. The second-order valence-electron chi connectivity index (χ2n) is 26.4. The lowest BCUT2D eigenvalue weighted by Crippen LogP contribution is -2.30. The average Bonchev–Trinajstić information content (AvgIpc) is 3.58. The van der Waals surface area contributed by atoms with Crippen LogP contribution in [0.15, 0.2) is 0 Å².